The van der Waals surface area contributed by atoms with Gasteiger partial charge >= 0.3 is 0 Å². The zero-order valence-corrected chi connectivity index (χ0v) is 12.1. The Morgan fingerprint density at radius 1 is 1.00 bits per heavy atom. The van der Waals surface area contributed by atoms with Crippen molar-refractivity contribution in [3.05, 3.63) is 59.7 Å². The van der Waals surface area contributed by atoms with Gasteiger partial charge in [-0.15, -0.1) is 0 Å². The van der Waals surface area contributed by atoms with Gasteiger partial charge in [0, 0.05) is 11.4 Å². The van der Waals surface area contributed by atoms with E-state index >= 15 is 0 Å². The number of carbonyl (C=O) groups is 1. The summed E-state index contributed by atoms with van der Waals surface area (Å²) in [5.41, 5.74) is 4.11. The number of benzene rings is 2. The van der Waals surface area contributed by atoms with E-state index in [1.807, 2.05) is 69.3 Å². The van der Waals surface area contributed by atoms with Crippen molar-refractivity contribution in [1.29, 1.82) is 0 Å². The van der Waals surface area contributed by atoms with E-state index in [0.29, 0.717) is 0 Å². The maximum absolute atomic E-state index is 12.1. The quantitative estimate of drug-likeness (QED) is 0.886. The summed E-state index contributed by atoms with van der Waals surface area (Å²) in [5.74, 6) is -0.0443. The minimum atomic E-state index is -0.294. The number of aryl methyl sites for hydroxylation is 2. The highest BCUT2D eigenvalue weighted by atomic mass is 16.2. The third kappa shape index (κ3) is 3.60. The molecule has 2 rings (SSSR count). The third-order valence-electron chi connectivity index (χ3n) is 3.23. The van der Waals surface area contributed by atoms with Crippen LogP contribution in [0.2, 0.25) is 0 Å². The molecule has 20 heavy (non-hydrogen) atoms. The Morgan fingerprint density at radius 2 is 1.65 bits per heavy atom. The molecule has 2 aromatic carbocycles. The molecule has 3 heteroatoms. The Balaban J connectivity index is 1.99. The zero-order valence-electron chi connectivity index (χ0n) is 12.1. The van der Waals surface area contributed by atoms with Gasteiger partial charge in [0.1, 0.15) is 6.04 Å². The lowest BCUT2D eigenvalue weighted by atomic mass is 10.1. The minimum absolute atomic E-state index is 0.0443. The van der Waals surface area contributed by atoms with E-state index in [9.17, 15) is 4.79 Å². The molecule has 0 heterocycles. The molecule has 2 N–H and O–H groups in total. The van der Waals surface area contributed by atoms with Gasteiger partial charge in [0.2, 0.25) is 5.91 Å². The van der Waals surface area contributed by atoms with Crippen LogP contribution in [0.4, 0.5) is 11.4 Å². The van der Waals surface area contributed by atoms with Crippen molar-refractivity contribution in [2.75, 3.05) is 10.6 Å². The van der Waals surface area contributed by atoms with E-state index in [1.54, 1.807) is 0 Å². The van der Waals surface area contributed by atoms with E-state index in [1.165, 1.54) is 5.56 Å². The summed E-state index contributed by atoms with van der Waals surface area (Å²) in [5, 5.41) is 6.14. The van der Waals surface area contributed by atoms with Crippen molar-refractivity contribution >= 4 is 17.3 Å². The average Bonchev–Trinajstić information content (AvgIpc) is 2.44. The van der Waals surface area contributed by atoms with E-state index in [4.69, 9.17) is 0 Å². The second kappa shape index (κ2) is 6.24. The van der Waals surface area contributed by atoms with Crippen LogP contribution in [0.5, 0.6) is 0 Å². The largest absolute Gasteiger partial charge is 0.374 e. The lowest BCUT2D eigenvalue weighted by molar-refractivity contribution is -0.116. The van der Waals surface area contributed by atoms with Crippen LogP contribution in [0.25, 0.3) is 0 Å². The fourth-order valence-corrected chi connectivity index (χ4v) is 1.92. The van der Waals surface area contributed by atoms with Crippen LogP contribution in [0.1, 0.15) is 18.1 Å². The maximum Gasteiger partial charge on any atom is 0.246 e. The summed E-state index contributed by atoms with van der Waals surface area (Å²) in [6.07, 6.45) is 0. The predicted molar refractivity (Wildman–Crippen MR) is 84.1 cm³/mol. The van der Waals surface area contributed by atoms with Crippen molar-refractivity contribution in [2.45, 2.75) is 26.8 Å². The molecule has 0 aliphatic carbocycles. The van der Waals surface area contributed by atoms with Crippen molar-refractivity contribution < 1.29 is 4.79 Å². The van der Waals surface area contributed by atoms with Gasteiger partial charge < -0.3 is 10.6 Å². The Hall–Kier alpha value is -2.29. The number of carbonyl (C=O) groups excluding carboxylic acids is 1. The number of amides is 1. The summed E-state index contributed by atoms with van der Waals surface area (Å²) in [4.78, 5) is 12.1. The van der Waals surface area contributed by atoms with Crippen LogP contribution in [0.15, 0.2) is 48.5 Å². The van der Waals surface area contributed by atoms with Crippen LogP contribution in [-0.2, 0) is 4.79 Å². The van der Waals surface area contributed by atoms with Crippen molar-refractivity contribution in [1.82, 2.24) is 0 Å². The molecule has 0 bridgehead atoms. The fourth-order valence-electron chi connectivity index (χ4n) is 1.92. The molecule has 0 saturated heterocycles. The molecule has 0 saturated carbocycles. The first kappa shape index (κ1) is 14.1. The number of para-hydroxylation sites is 1. The van der Waals surface area contributed by atoms with Crippen molar-refractivity contribution in [2.24, 2.45) is 0 Å². The molecule has 0 aliphatic rings. The third-order valence-corrected chi connectivity index (χ3v) is 3.23. The van der Waals surface area contributed by atoms with Crippen LogP contribution in [-0.4, -0.2) is 11.9 Å². The lowest BCUT2D eigenvalue weighted by Crippen LogP contribution is -2.32. The summed E-state index contributed by atoms with van der Waals surface area (Å²) < 4.78 is 0. The lowest BCUT2D eigenvalue weighted by Gasteiger charge is -2.16. The first-order chi connectivity index (χ1) is 9.56. The molecule has 1 atom stereocenters. The van der Waals surface area contributed by atoms with Gasteiger partial charge in [0.25, 0.3) is 0 Å². The number of hydrogen-bond donors (Lipinski definition) is 2. The molecule has 0 radical (unpaired) electrons. The summed E-state index contributed by atoms with van der Waals surface area (Å²) in [7, 11) is 0. The van der Waals surface area contributed by atoms with Gasteiger partial charge in [-0.05, 0) is 44.5 Å². The SMILES string of the molecule is Cc1ccc(NC(=O)[C@@H](C)Nc2ccccc2C)cc1. The van der Waals surface area contributed by atoms with Crippen LogP contribution >= 0.6 is 0 Å². The minimum Gasteiger partial charge on any atom is -0.374 e. The number of anilines is 2. The Bertz CT molecular complexity index is 590. The number of nitrogens with one attached hydrogen (secondary N) is 2. The monoisotopic (exact) mass is 268 g/mol. The van der Waals surface area contributed by atoms with Gasteiger partial charge in [0.15, 0.2) is 0 Å². The van der Waals surface area contributed by atoms with Crippen molar-refractivity contribution in [3.63, 3.8) is 0 Å². The first-order valence-corrected chi connectivity index (χ1v) is 6.76. The Morgan fingerprint density at radius 3 is 2.30 bits per heavy atom. The normalized spacial score (nSPS) is 11.8. The molecule has 0 unspecified atom stereocenters. The number of rotatable bonds is 4. The molecule has 2 aromatic rings. The van der Waals surface area contributed by atoms with E-state index in [0.717, 1.165) is 16.9 Å². The molecular formula is C17H20N2O. The molecule has 0 aromatic heterocycles. The molecule has 104 valence electrons. The molecule has 3 nitrogen and oxygen atoms in total. The van der Waals surface area contributed by atoms with Gasteiger partial charge in [-0.25, -0.2) is 0 Å². The van der Waals surface area contributed by atoms with E-state index in [-0.39, 0.29) is 11.9 Å². The van der Waals surface area contributed by atoms with Crippen LogP contribution in [0.3, 0.4) is 0 Å². The Kier molecular flexibility index (Phi) is 4.41. The second-order valence-electron chi connectivity index (χ2n) is 5.04. The van der Waals surface area contributed by atoms with Crippen LogP contribution in [0, 0.1) is 13.8 Å². The summed E-state index contributed by atoms with van der Waals surface area (Å²) in [6.45, 7) is 5.90. The second-order valence-corrected chi connectivity index (χ2v) is 5.04. The summed E-state index contributed by atoms with van der Waals surface area (Å²) in [6, 6.07) is 15.4. The smallest absolute Gasteiger partial charge is 0.246 e. The zero-order chi connectivity index (χ0) is 14.5. The molecule has 1 amide bonds. The van der Waals surface area contributed by atoms with Crippen LogP contribution < -0.4 is 10.6 Å². The van der Waals surface area contributed by atoms with Gasteiger partial charge in [0.05, 0.1) is 0 Å². The molecule has 0 aliphatic heterocycles. The predicted octanol–water partition coefficient (Wildman–Crippen LogP) is 3.74. The van der Waals surface area contributed by atoms with Gasteiger partial charge in [-0.3, -0.25) is 4.79 Å². The van der Waals surface area contributed by atoms with E-state index in [2.05, 4.69) is 10.6 Å². The standard InChI is InChI=1S/C17H20N2O/c1-12-8-10-15(11-9-12)19-17(20)14(3)18-16-7-5-4-6-13(16)2/h4-11,14,18H,1-3H3,(H,19,20)/t14-/m1/s1. The highest BCUT2D eigenvalue weighted by Gasteiger charge is 2.13. The average molecular weight is 268 g/mol. The highest BCUT2D eigenvalue weighted by molar-refractivity contribution is 5.96. The fraction of sp³-hybridized carbons (Fsp3) is 0.235. The van der Waals surface area contributed by atoms with Gasteiger partial charge in [-0.1, -0.05) is 35.9 Å². The number of hydrogen-bond acceptors (Lipinski definition) is 2. The summed E-state index contributed by atoms with van der Waals surface area (Å²) >= 11 is 0. The van der Waals surface area contributed by atoms with E-state index < -0.39 is 0 Å². The highest BCUT2D eigenvalue weighted by Crippen LogP contribution is 2.15. The van der Waals surface area contributed by atoms with Crippen molar-refractivity contribution in [3.8, 4) is 0 Å². The maximum atomic E-state index is 12.1. The van der Waals surface area contributed by atoms with Gasteiger partial charge in [-0.2, -0.15) is 0 Å². The molecule has 0 fully saturated rings. The molecular weight excluding hydrogens is 248 g/mol. The molecule has 0 spiro atoms. The first-order valence-electron chi connectivity index (χ1n) is 6.76. The Labute approximate surface area is 120 Å². The topological polar surface area (TPSA) is 41.1 Å².